The molecule has 29 rings (SSSR count). The summed E-state index contributed by atoms with van der Waals surface area (Å²) in [7, 11) is 0. The molecule has 147 heavy (non-hydrogen) atoms. The van der Waals surface area contributed by atoms with Crippen LogP contribution in [-0.2, 0) is 5.41 Å². The average molecular weight is 1870 g/mol. The lowest BCUT2D eigenvalue weighted by Crippen LogP contribution is -2.14. The second kappa shape index (κ2) is 36.3. The normalized spacial score (nSPS) is 12.1. The Morgan fingerprint density at radius 2 is 0.429 bits per heavy atom. The molecule has 1 aliphatic carbocycles. The van der Waals surface area contributed by atoms with Crippen LogP contribution in [0.15, 0.2) is 504 Å². The molecule has 0 saturated carbocycles. The Morgan fingerprint density at radius 1 is 0.150 bits per heavy atom. The predicted molar refractivity (Wildman–Crippen MR) is 610 cm³/mol. The second-order valence-corrected chi connectivity index (χ2v) is 38.6. The number of benzene rings is 22. The van der Waals surface area contributed by atoms with Gasteiger partial charge in [-0.15, -0.1) is 0 Å². The van der Waals surface area contributed by atoms with Gasteiger partial charge in [0.2, 0.25) is 0 Å². The maximum atomic E-state index is 5.35. The first kappa shape index (κ1) is 86.7. The van der Waals surface area contributed by atoms with Gasteiger partial charge in [-0.1, -0.05) is 432 Å². The van der Waals surface area contributed by atoms with E-state index < -0.39 is 0 Å². The van der Waals surface area contributed by atoms with E-state index in [1.54, 1.807) is 6.20 Å². The van der Waals surface area contributed by atoms with E-state index in [4.69, 9.17) is 29.9 Å². The number of rotatable bonds is 15. The maximum Gasteiger partial charge on any atom is 0.160 e. The maximum absolute atomic E-state index is 5.35. The van der Waals surface area contributed by atoms with Crippen LogP contribution < -0.4 is 0 Å². The van der Waals surface area contributed by atoms with E-state index in [-0.39, 0.29) is 5.41 Å². The van der Waals surface area contributed by atoms with Gasteiger partial charge in [-0.3, -0.25) is 15.0 Å². The van der Waals surface area contributed by atoms with Crippen LogP contribution in [0.1, 0.15) is 25.0 Å². The van der Waals surface area contributed by atoms with Crippen LogP contribution in [0.5, 0.6) is 0 Å². The number of nitrogens with zero attached hydrogens (tertiary/aromatic N) is 9. The quantitative estimate of drug-likeness (QED) is 0.0925. The SMILES string of the molecule is CC1(C)c2ccccc2-c2ccc(-c3ccc(-c4nc(-c5ccccc5-c5cccnc5)cc(-c5ccc6ccc7cccc8ccc5c6c78)n4)cc3)cc21.c1ccc(-c2ccc(-c3nc(-c4ccc(-c5cccnc5)cc4)cc(-c4ccc5ccc6cccc7ccc4c5c67)n3)cc2)cc1.c1ccc(-c2ccc(-c3nc(-c4ccc(-c5ccncc5)cc4)cc(-c4ccc5ccc6cccc7ccc4c5c67)n3)cc2)cc1. The molecule has 22 aromatic carbocycles. The molecule has 9 heteroatoms. The molecular weight excluding hydrogens is 1780 g/mol. The summed E-state index contributed by atoms with van der Waals surface area (Å²) >= 11 is 0. The zero-order chi connectivity index (χ0) is 97.6. The highest BCUT2D eigenvalue weighted by molar-refractivity contribution is 6.28. The minimum Gasteiger partial charge on any atom is -0.265 e. The van der Waals surface area contributed by atoms with Gasteiger partial charge in [0.25, 0.3) is 0 Å². The Labute approximate surface area is 850 Å². The smallest absolute Gasteiger partial charge is 0.160 e. The van der Waals surface area contributed by atoms with Crippen LogP contribution in [0.25, 0.3) is 277 Å². The topological polar surface area (TPSA) is 116 Å². The van der Waals surface area contributed by atoms with Crippen LogP contribution in [0.2, 0.25) is 0 Å². The first-order chi connectivity index (χ1) is 72.6. The molecule has 1 aliphatic rings. The molecule has 0 unspecified atom stereocenters. The fraction of sp³-hybridized carbons (Fsp3) is 0.0217. The highest BCUT2D eigenvalue weighted by Gasteiger charge is 2.36. The summed E-state index contributed by atoms with van der Waals surface area (Å²) in [5.41, 5.74) is 33.8. The van der Waals surface area contributed by atoms with Crippen molar-refractivity contribution in [3.8, 4) is 180 Å². The number of hydrogen-bond donors (Lipinski definition) is 0. The molecule has 0 radical (unpaired) electrons. The first-order valence-electron chi connectivity index (χ1n) is 49.9. The van der Waals surface area contributed by atoms with Gasteiger partial charge in [0, 0.05) is 98.2 Å². The summed E-state index contributed by atoms with van der Waals surface area (Å²) < 4.78 is 0. The summed E-state index contributed by atoms with van der Waals surface area (Å²) in [4.78, 5) is 44.3. The Kier molecular flexibility index (Phi) is 21.4. The monoisotopic (exact) mass is 1870 g/mol. The van der Waals surface area contributed by atoms with Crippen molar-refractivity contribution in [3.63, 3.8) is 0 Å². The summed E-state index contributed by atoms with van der Waals surface area (Å²) in [5.74, 6) is 2.10. The number of fused-ring (bicyclic) bond motifs is 3. The standard InChI is InChI=1S/C52H35N3.2C43H27N3/c1-52(2)45-15-6-5-13-40(45)41-25-24-37(29-46(41)52)32-16-20-36(21-17-32)51-54-47(42-14-4-3-12-39(42)38-11-8-28-53-31-38)30-48(55-51)43-26-22-35-19-18-33-9-7-10-34-23-27-44(43)50(35)49(33)34;1-2-6-28(7-3-1)29-13-19-35(20-14-29)43-45-39(31-15-11-30(12-16-31)36-10-5-25-44-27-36)26-40(46-43)37-23-21-34-18-17-32-8-4-9-33-22-24-38(37)42(34)41(32)33;1-2-5-28(6-3-1)29-11-17-36(18-12-29)43-45-39(32-13-9-30(10-14-32)31-23-25-44-26-24-31)27-40(46-43)37-21-19-35-16-15-33-7-4-8-34-20-22-38(37)42(35)41(33)34/h3-31H,1-2H3;2*1-27H. The van der Waals surface area contributed by atoms with E-state index in [0.717, 1.165) is 118 Å². The van der Waals surface area contributed by atoms with Crippen LogP contribution in [0, 0.1) is 0 Å². The Hall–Kier alpha value is -19.4. The van der Waals surface area contributed by atoms with Gasteiger partial charge in [0.05, 0.1) is 34.2 Å². The van der Waals surface area contributed by atoms with E-state index in [0.29, 0.717) is 17.5 Å². The largest absolute Gasteiger partial charge is 0.265 e. The molecule has 6 heterocycles. The van der Waals surface area contributed by atoms with Crippen molar-refractivity contribution < 1.29 is 0 Å². The van der Waals surface area contributed by atoms with E-state index in [1.165, 1.54) is 153 Å². The minimum atomic E-state index is -0.0518. The number of aromatic nitrogens is 9. The average Bonchev–Trinajstić information content (AvgIpc) is 1.66. The van der Waals surface area contributed by atoms with E-state index in [2.05, 4.69) is 460 Å². The van der Waals surface area contributed by atoms with Crippen molar-refractivity contribution >= 4 is 97.0 Å². The number of pyridine rings is 3. The third-order valence-corrected chi connectivity index (χ3v) is 29.7. The predicted octanol–water partition coefficient (Wildman–Crippen LogP) is 35.6. The molecule has 0 fully saturated rings. The van der Waals surface area contributed by atoms with Gasteiger partial charge in [-0.05, 0) is 229 Å². The zero-order valence-electron chi connectivity index (χ0n) is 80.4. The molecule has 0 bridgehead atoms. The fourth-order valence-corrected chi connectivity index (χ4v) is 22.3. The van der Waals surface area contributed by atoms with Gasteiger partial charge < -0.3 is 0 Å². The lowest BCUT2D eigenvalue weighted by molar-refractivity contribution is 0.660. The van der Waals surface area contributed by atoms with E-state index in [1.807, 2.05) is 67.4 Å². The van der Waals surface area contributed by atoms with Crippen molar-refractivity contribution in [3.05, 3.63) is 515 Å². The Bertz CT molecular complexity index is 9270. The van der Waals surface area contributed by atoms with E-state index >= 15 is 0 Å². The molecule has 0 N–H and O–H groups in total. The molecule has 9 nitrogen and oxygen atoms in total. The Balaban J connectivity index is 0.000000110. The van der Waals surface area contributed by atoms with Crippen molar-refractivity contribution in [1.82, 2.24) is 44.9 Å². The van der Waals surface area contributed by atoms with Crippen molar-refractivity contribution in [2.75, 3.05) is 0 Å². The molecule has 686 valence electrons. The third kappa shape index (κ3) is 15.8. The third-order valence-electron chi connectivity index (χ3n) is 29.7. The summed E-state index contributed by atoms with van der Waals surface area (Å²) in [6.07, 6.45) is 11.1. The Morgan fingerprint density at radius 3 is 0.837 bits per heavy atom. The molecule has 0 saturated heterocycles. The zero-order valence-corrected chi connectivity index (χ0v) is 80.4. The molecule has 0 aliphatic heterocycles. The fourth-order valence-electron chi connectivity index (χ4n) is 22.3. The first-order valence-corrected chi connectivity index (χ1v) is 49.9. The molecule has 28 aromatic rings. The molecule has 6 aromatic heterocycles. The van der Waals surface area contributed by atoms with Crippen molar-refractivity contribution in [2.45, 2.75) is 19.3 Å². The molecular formula is C138H89N9. The van der Waals surface area contributed by atoms with Crippen LogP contribution in [0.4, 0.5) is 0 Å². The summed E-state index contributed by atoms with van der Waals surface area (Å²) in [6.45, 7) is 4.67. The lowest BCUT2D eigenvalue weighted by Gasteiger charge is -2.22. The molecule has 0 atom stereocenters. The summed E-state index contributed by atoms with van der Waals surface area (Å²) in [5, 5.41) is 22.5. The van der Waals surface area contributed by atoms with Crippen LogP contribution >= 0.6 is 0 Å². The molecule has 0 amide bonds. The van der Waals surface area contributed by atoms with Gasteiger partial charge in [0.15, 0.2) is 17.5 Å². The highest BCUT2D eigenvalue weighted by Crippen LogP contribution is 2.52. The van der Waals surface area contributed by atoms with Gasteiger partial charge in [0.1, 0.15) is 0 Å². The van der Waals surface area contributed by atoms with Crippen LogP contribution in [0.3, 0.4) is 0 Å². The lowest BCUT2D eigenvalue weighted by atomic mass is 9.81. The van der Waals surface area contributed by atoms with Gasteiger partial charge in [-0.25, -0.2) is 29.9 Å². The van der Waals surface area contributed by atoms with Crippen molar-refractivity contribution in [2.24, 2.45) is 0 Å². The molecule has 0 spiro atoms. The highest BCUT2D eigenvalue weighted by atomic mass is 14.9. The van der Waals surface area contributed by atoms with Crippen LogP contribution in [-0.4, -0.2) is 44.9 Å². The number of hydrogen-bond acceptors (Lipinski definition) is 9. The summed E-state index contributed by atoms with van der Waals surface area (Å²) in [6, 6.07) is 166. The van der Waals surface area contributed by atoms with E-state index in [9.17, 15) is 0 Å². The van der Waals surface area contributed by atoms with Gasteiger partial charge in [-0.2, -0.15) is 0 Å². The second-order valence-electron chi connectivity index (χ2n) is 38.6. The van der Waals surface area contributed by atoms with Crippen molar-refractivity contribution in [1.29, 1.82) is 0 Å². The minimum absolute atomic E-state index is 0.0518. The van der Waals surface area contributed by atoms with Gasteiger partial charge >= 0.3 is 0 Å².